The quantitative estimate of drug-likeness (QED) is 0.725. The van der Waals surface area contributed by atoms with Gasteiger partial charge in [-0.25, -0.2) is 0 Å². The van der Waals surface area contributed by atoms with E-state index in [1.807, 2.05) is 24.4 Å². The van der Waals surface area contributed by atoms with E-state index >= 15 is 0 Å². The molecule has 1 aliphatic heterocycles. The number of hydrogen-bond donors (Lipinski definition) is 0. The Balaban J connectivity index is 1.65. The van der Waals surface area contributed by atoms with Crippen molar-refractivity contribution in [2.24, 2.45) is 0 Å². The highest BCUT2D eigenvalue weighted by atomic mass is 16.5. The highest BCUT2D eigenvalue weighted by Crippen LogP contribution is 2.33. The van der Waals surface area contributed by atoms with Crippen molar-refractivity contribution in [1.82, 2.24) is 9.97 Å². The maximum Gasteiger partial charge on any atom is 0.130 e. The Hall–Kier alpha value is -2.62. The summed E-state index contributed by atoms with van der Waals surface area (Å²) in [5.41, 5.74) is 4.33. The summed E-state index contributed by atoms with van der Waals surface area (Å²) in [5, 5.41) is 1.21. The second kappa shape index (κ2) is 6.48. The molecular formula is C20H21N3O. The zero-order valence-corrected chi connectivity index (χ0v) is 13.9. The van der Waals surface area contributed by atoms with E-state index in [0.29, 0.717) is 6.61 Å². The third-order valence-corrected chi connectivity index (χ3v) is 4.64. The van der Waals surface area contributed by atoms with Gasteiger partial charge < -0.3 is 9.64 Å². The predicted octanol–water partition coefficient (Wildman–Crippen LogP) is 4.12. The Morgan fingerprint density at radius 3 is 2.67 bits per heavy atom. The molecule has 0 radical (unpaired) electrons. The maximum atomic E-state index is 5.98. The van der Waals surface area contributed by atoms with Crippen LogP contribution in [0.4, 0.5) is 5.69 Å². The minimum atomic E-state index is 0.471. The Morgan fingerprint density at radius 1 is 1.00 bits per heavy atom. The van der Waals surface area contributed by atoms with Crippen LogP contribution in [0.25, 0.3) is 10.9 Å². The SMILES string of the molecule is Cc1c(OCc2ccccn2)ccc2c(N3CCCC3)ccnc12. The number of aromatic nitrogens is 2. The van der Waals surface area contributed by atoms with E-state index in [0.717, 1.165) is 35.6 Å². The topological polar surface area (TPSA) is 38.2 Å². The lowest BCUT2D eigenvalue weighted by Crippen LogP contribution is -2.18. The van der Waals surface area contributed by atoms with Gasteiger partial charge in [-0.2, -0.15) is 0 Å². The van der Waals surface area contributed by atoms with Crippen LogP contribution in [0.3, 0.4) is 0 Å². The highest BCUT2D eigenvalue weighted by molar-refractivity contribution is 5.94. The zero-order valence-electron chi connectivity index (χ0n) is 13.9. The summed E-state index contributed by atoms with van der Waals surface area (Å²) in [7, 11) is 0. The first-order valence-corrected chi connectivity index (χ1v) is 8.49. The number of fused-ring (bicyclic) bond motifs is 1. The molecular weight excluding hydrogens is 298 g/mol. The second-order valence-corrected chi connectivity index (χ2v) is 6.22. The molecule has 0 atom stereocenters. The molecule has 2 aromatic heterocycles. The molecule has 122 valence electrons. The molecule has 4 nitrogen and oxygen atoms in total. The molecule has 0 saturated carbocycles. The van der Waals surface area contributed by atoms with E-state index in [4.69, 9.17) is 4.74 Å². The molecule has 3 aromatic rings. The Morgan fingerprint density at radius 2 is 1.88 bits per heavy atom. The standard InChI is InChI=1S/C20H21N3O/c1-15-19(24-14-16-6-2-3-10-21-16)8-7-17-18(9-11-22-20(15)17)23-12-4-5-13-23/h2-3,6-11H,4-5,12-14H2,1H3. The third-order valence-electron chi connectivity index (χ3n) is 4.64. The first kappa shape index (κ1) is 14.9. The molecule has 0 bridgehead atoms. The number of pyridine rings is 2. The van der Waals surface area contributed by atoms with Gasteiger partial charge in [0.2, 0.25) is 0 Å². The molecule has 0 aliphatic carbocycles. The van der Waals surface area contributed by atoms with Crippen molar-refractivity contribution in [3.8, 4) is 5.75 Å². The molecule has 1 saturated heterocycles. The minimum Gasteiger partial charge on any atom is -0.487 e. The van der Waals surface area contributed by atoms with Gasteiger partial charge in [0.1, 0.15) is 12.4 Å². The zero-order chi connectivity index (χ0) is 16.4. The van der Waals surface area contributed by atoms with Crippen molar-refractivity contribution >= 4 is 16.6 Å². The number of hydrogen-bond acceptors (Lipinski definition) is 4. The van der Waals surface area contributed by atoms with E-state index < -0.39 is 0 Å². The van der Waals surface area contributed by atoms with Crippen LogP contribution in [0.5, 0.6) is 5.75 Å². The van der Waals surface area contributed by atoms with Crippen molar-refractivity contribution in [1.29, 1.82) is 0 Å². The monoisotopic (exact) mass is 319 g/mol. The molecule has 0 unspecified atom stereocenters. The minimum absolute atomic E-state index is 0.471. The second-order valence-electron chi connectivity index (χ2n) is 6.22. The summed E-state index contributed by atoms with van der Waals surface area (Å²) in [5.74, 6) is 0.874. The van der Waals surface area contributed by atoms with Gasteiger partial charge in [0.05, 0.1) is 11.2 Å². The van der Waals surface area contributed by atoms with Gasteiger partial charge >= 0.3 is 0 Å². The molecule has 1 fully saturated rings. The molecule has 1 aromatic carbocycles. The molecule has 0 spiro atoms. The Bertz CT molecular complexity index is 842. The first-order chi connectivity index (χ1) is 11.8. The summed E-state index contributed by atoms with van der Waals surface area (Å²) in [6, 6.07) is 12.2. The van der Waals surface area contributed by atoms with Crippen molar-refractivity contribution in [2.75, 3.05) is 18.0 Å². The molecule has 0 N–H and O–H groups in total. The van der Waals surface area contributed by atoms with Gasteiger partial charge in [0.25, 0.3) is 0 Å². The predicted molar refractivity (Wildman–Crippen MR) is 96.5 cm³/mol. The number of ether oxygens (including phenoxy) is 1. The van der Waals surface area contributed by atoms with E-state index in [1.54, 1.807) is 6.20 Å². The van der Waals surface area contributed by atoms with E-state index in [2.05, 4.69) is 40.0 Å². The Kier molecular flexibility index (Phi) is 4.03. The largest absolute Gasteiger partial charge is 0.487 e. The normalized spacial score (nSPS) is 14.3. The van der Waals surface area contributed by atoms with Gasteiger partial charge in [-0.15, -0.1) is 0 Å². The number of anilines is 1. The Labute approximate surface area is 142 Å². The summed E-state index contributed by atoms with van der Waals surface area (Å²) < 4.78 is 5.98. The summed E-state index contributed by atoms with van der Waals surface area (Å²) >= 11 is 0. The molecule has 24 heavy (non-hydrogen) atoms. The van der Waals surface area contributed by atoms with Crippen LogP contribution >= 0.6 is 0 Å². The first-order valence-electron chi connectivity index (χ1n) is 8.49. The number of aryl methyl sites for hydroxylation is 1. The lowest BCUT2D eigenvalue weighted by atomic mass is 10.1. The fourth-order valence-corrected chi connectivity index (χ4v) is 3.35. The van der Waals surface area contributed by atoms with Gasteiger partial charge in [-0.1, -0.05) is 6.07 Å². The van der Waals surface area contributed by atoms with Crippen molar-refractivity contribution < 1.29 is 4.74 Å². The van der Waals surface area contributed by atoms with Crippen LogP contribution in [0.2, 0.25) is 0 Å². The van der Waals surface area contributed by atoms with Gasteiger partial charge in [0.15, 0.2) is 0 Å². The number of benzene rings is 1. The maximum absolute atomic E-state index is 5.98. The van der Waals surface area contributed by atoms with Gasteiger partial charge in [0, 0.05) is 42.1 Å². The van der Waals surface area contributed by atoms with Crippen LogP contribution in [0, 0.1) is 6.92 Å². The third kappa shape index (κ3) is 2.80. The van der Waals surface area contributed by atoms with Gasteiger partial charge in [-0.3, -0.25) is 9.97 Å². The number of rotatable bonds is 4. The van der Waals surface area contributed by atoms with Crippen molar-refractivity contribution in [2.45, 2.75) is 26.4 Å². The molecule has 3 heterocycles. The summed E-state index contributed by atoms with van der Waals surface area (Å²) in [6.45, 7) is 4.82. The van der Waals surface area contributed by atoms with Crippen LogP contribution in [-0.2, 0) is 6.61 Å². The van der Waals surface area contributed by atoms with E-state index in [1.165, 1.54) is 23.9 Å². The summed E-state index contributed by atoms with van der Waals surface area (Å²) in [4.78, 5) is 11.4. The average molecular weight is 319 g/mol. The van der Waals surface area contributed by atoms with Crippen molar-refractivity contribution in [3.05, 3.63) is 60.0 Å². The lowest BCUT2D eigenvalue weighted by molar-refractivity contribution is 0.299. The molecule has 1 aliphatic rings. The van der Waals surface area contributed by atoms with Crippen LogP contribution in [0.1, 0.15) is 24.1 Å². The fourth-order valence-electron chi connectivity index (χ4n) is 3.35. The van der Waals surface area contributed by atoms with E-state index in [-0.39, 0.29) is 0 Å². The molecule has 4 rings (SSSR count). The number of nitrogens with zero attached hydrogens (tertiary/aromatic N) is 3. The fraction of sp³-hybridized carbons (Fsp3) is 0.300. The lowest BCUT2D eigenvalue weighted by Gasteiger charge is -2.20. The molecule has 0 amide bonds. The van der Waals surface area contributed by atoms with Gasteiger partial charge in [-0.05, 0) is 50.1 Å². The smallest absolute Gasteiger partial charge is 0.130 e. The van der Waals surface area contributed by atoms with Crippen LogP contribution in [-0.4, -0.2) is 23.1 Å². The van der Waals surface area contributed by atoms with Crippen LogP contribution in [0.15, 0.2) is 48.8 Å². The average Bonchev–Trinajstić information content (AvgIpc) is 3.16. The highest BCUT2D eigenvalue weighted by Gasteiger charge is 2.16. The van der Waals surface area contributed by atoms with Crippen molar-refractivity contribution in [3.63, 3.8) is 0 Å². The summed E-state index contributed by atoms with van der Waals surface area (Å²) in [6.07, 6.45) is 6.24. The van der Waals surface area contributed by atoms with E-state index in [9.17, 15) is 0 Å². The van der Waals surface area contributed by atoms with Crippen LogP contribution < -0.4 is 9.64 Å². The molecule has 4 heteroatoms.